The van der Waals surface area contributed by atoms with Crippen LogP contribution in [0.15, 0.2) is 59.0 Å². The highest BCUT2D eigenvalue weighted by molar-refractivity contribution is 6.19. The van der Waals surface area contributed by atoms with Crippen LogP contribution in [0, 0.1) is 0 Å². The van der Waals surface area contributed by atoms with Crippen LogP contribution in [-0.4, -0.2) is 0 Å². The van der Waals surface area contributed by atoms with E-state index in [1.54, 1.807) is 0 Å². The molecule has 3 aromatic carbocycles. The quantitative estimate of drug-likeness (QED) is 0.417. The highest BCUT2D eigenvalue weighted by Gasteiger charge is 2.15. The van der Waals surface area contributed by atoms with Crippen LogP contribution in [0.2, 0.25) is 0 Å². The highest BCUT2D eigenvalue weighted by atomic mass is 16.3. The lowest BCUT2D eigenvalue weighted by Crippen LogP contribution is -1.88. The van der Waals surface area contributed by atoms with E-state index in [0.717, 1.165) is 11.2 Å². The fourth-order valence-corrected chi connectivity index (χ4v) is 3.03. The zero-order valence-electron chi connectivity index (χ0n) is 11.7. The maximum atomic E-state index is 6.15. The van der Waals surface area contributed by atoms with Crippen LogP contribution in [0.3, 0.4) is 0 Å². The minimum Gasteiger partial charge on any atom is -0.456 e. The summed E-state index contributed by atoms with van der Waals surface area (Å²) in [6.45, 7) is 4.44. The summed E-state index contributed by atoms with van der Waals surface area (Å²) in [5, 5.41) is 5.02. The number of para-hydroxylation sites is 1. The predicted octanol–water partition coefficient (Wildman–Crippen LogP) is 5.86. The molecule has 0 unspecified atom stereocenters. The van der Waals surface area contributed by atoms with Crippen LogP contribution in [0.25, 0.3) is 32.7 Å². The Morgan fingerprint density at radius 2 is 1.55 bits per heavy atom. The maximum Gasteiger partial charge on any atom is 0.139 e. The summed E-state index contributed by atoms with van der Waals surface area (Å²) in [5.74, 6) is 0.447. The summed E-state index contributed by atoms with van der Waals surface area (Å²) < 4.78 is 6.15. The van der Waals surface area contributed by atoms with Gasteiger partial charge in [0.05, 0.1) is 0 Å². The van der Waals surface area contributed by atoms with Gasteiger partial charge in [-0.25, -0.2) is 0 Å². The van der Waals surface area contributed by atoms with E-state index in [4.69, 9.17) is 4.42 Å². The van der Waals surface area contributed by atoms with Gasteiger partial charge in [-0.05, 0) is 34.4 Å². The second-order valence-electron chi connectivity index (χ2n) is 5.64. The van der Waals surface area contributed by atoms with E-state index in [-0.39, 0.29) is 0 Å². The van der Waals surface area contributed by atoms with Crippen molar-refractivity contribution in [3.63, 3.8) is 0 Å². The van der Waals surface area contributed by atoms with Crippen LogP contribution < -0.4 is 0 Å². The number of hydrogen-bond donors (Lipinski definition) is 0. The number of furan rings is 1. The van der Waals surface area contributed by atoms with E-state index in [0.29, 0.717) is 5.92 Å². The Bertz CT molecular complexity index is 928. The summed E-state index contributed by atoms with van der Waals surface area (Å²) in [6.07, 6.45) is 0. The molecule has 0 N–H and O–H groups in total. The van der Waals surface area contributed by atoms with Crippen molar-refractivity contribution in [1.82, 2.24) is 0 Å². The lowest BCUT2D eigenvalue weighted by molar-refractivity contribution is 0.657. The zero-order valence-corrected chi connectivity index (χ0v) is 11.7. The van der Waals surface area contributed by atoms with Gasteiger partial charge in [-0.3, -0.25) is 0 Å². The molecule has 98 valence electrons. The zero-order chi connectivity index (χ0) is 13.7. The molecular formula is C19H16O. The van der Waals surface area contributed by atoms with Gasteiger partial charge in [0.2, 0.25) is 0 Å². The fraction of sp³-hybridized carbons (Fsp3) is 0.158. The molecule has 0 saturated carbocycles. The van der Waals surface area contributed by atoms with E-state index >= 15 is 0 Å². The van der Waals surface area contributed by atoms with Crippen molar-refractivity contribution in [2.45, 2.75) is 19.8 Å². The Kier molecular flexibility index (Phi) is 2.37. The summed E-state index contributed by atoms with van der Waals surface area (Å²) in [6, 6.07) is 19.1. The topological polar surface area (TPSA) is 13.1 Å². The summed E-state index contributed by atoms with van der Waals surface area (Å²) in [7, 11) is 0. The van der Waals surface area contributed by atoms with Crippen molar-refractivity contribution in [1.29, 1.82) is 0 Å². The minimum atomic E-state index is 0.447. The van der Waals surface area contributed by atoms with Gasteiger partial charge in [0.1, 0.15) is 11.2 Å². The molecule has 4 aromatic rings. The van der Waals surface area contributed by atoms with Gasteiger partial charge >= 0.3 is 0 Å². The molecule has 0 spiro atoms. The largest absolute Gasteiger partial charge is 0.456 e. The van der Waals surface area contributed by atoms with Crippen molar-refractivity contribution in [2.75, 3.05) is 0 Å². The molecule has 1 heteroatoms. The number of rotatable bonds is 1. The second-order valence-corrected chi connectivity index (χ2v) is 5.64. The molecule has 0 atom stereocenters. The lowest BCUT2D eigenvalue weighted by atomic mass is 9.95. The molecule has 0 saturated heterocycles. The Hall–Kier alpha value is -2.28. The Labute approximate surface area is 117 Å². The summed E-state index contributed by atoms with van der Waals surface area (Å²) >= 11 is 0. The number of hydrogen-bond acceptors (Lipinski definition) is 1. The first-order valence-corrected chi connectivity index (χ1v) is 7.08. The maximum absolute atomic E-state index is 6.15. The smallest absolute Gasteiger partial charge is 0.139 e. The molecule has 4 rings (SSSR count). The van der Waals surface area contributed by atoms with Crippen molar-refractivity contribution in [3.8, 4) is 0 Å². The van der Waals surface area contributed by atoms with Crippen LogP contribution in [0.1, 0.15) is 25.3 Å². The van der Waals surface area contributed by atoms with E-state index in [1.807, 2.05) is 12.1 Å². The molecule has 20 heavy (non-hydrogen) atoms. The standard InChI is InChI=1S/C19H16O/c1-12(2)16-11-13-7-3-4-8-14(13)18-15-9-5-6-10-17(15)20-19(16)18/h3-12H,1-2H3. The van der Waals surface area contributed by atoms with E-state index in [9.17, 15) is 0 Å². The van der Waals surface area contributed by atoms with E-state index in [1.165, 1.54) is 27.1 Å². The number of fused-ring (bicyclic) bond motifs is 5. The van der Waals surface area contributed by atoms with Crippen LogP contribution in [0.4, 0.5) is 0 Å². The summed E-state index contributed by atoms with van der Waals surface area (Å²) in [4.78, 5) is 0. The van der Waals surface area contributed by atoms with Gasteiger partial charge in [0, 0.05) is 10.8 Å². The van der Waals surface area contributed by atoms with Gasteiger partial charge in [0.25, 0.3) is 0 Å². The van der Waals surface area contributed by atoms with Crippen molar-refractivity contribution in [2.24, 2.45) is 0 Å². The monoisotopic (exact) mass is 260 g/mol. The first-order chi connectivity index (χ1) is 9.75. The van der Waals surface area contributed by atoms with Gasteiger partial charge in [0.15, 0.2) is 0 Å². The third-order valence-corrected chi connectivity index (χ3v) is 4.02. The molecule has 0 aliphatic rings. The fourth-order valence-electron chi connectivity index (χ4n) is 3.03. The number of benzene rings is 3. The molecule has 1 heterocycles. The Morgan fingerprint density at radius 1 is 0.850 bits per heavy atom. The molecule has 1 aromatic heterocycles. The predicted molar refractivity (Wildman–Crippen MR) is 85.3 cm³/mol. The molecule has 0 aliphatic heterocycles. The highest BCUT2D eigenvalue weighted by Crippen LogP contribution is 2.38. The molecule has 0 fully saturated rings. The van der Waals surface area contributed by atoms with E-state index in [2.05, 4.69) is 56.3 Å². The van der Waals surface area contributed by atoms with Gasteiger partial charge < -0.3 is 4.42 Å². The van der Waals surface area contributed by atoms with Crippen LogP contribution in [-0.2, 0) is 0 Å². The van der Waals surface area contributed by atoms with Crippen molar-refractivity contribution in [3.05, 3.63) is 60.2 Å². The third-order valence-electron chi connectivity index (χ3n) is 4.02. The average molecular weight is 260 g/mol. The van der Waals surface area contributed by atoms with Crippen molar-refractivity contribution < 1.29 is 4.42 Å². The SMILES string of the molecule is CC(C)c1cc2ccccc2c2c1oc1ccccc12. The normalized spacial score (nSPS) is 11.9. The molecular weight excluding hydrogens is 244 g/mol. The molecule has 0 amide bonds. The summed E-state index contributed by atoms with van der Waals surface area (Å²) in [5.41, 5.74) is 3.30. The lowest BCUT2D eigenvalue weighted by Gasteiger charge is -2.09. The second kappa shape index (κ2) is 4.11. The van der Waals surface area contributed by atoms with Crippen LogP contribution >= 0.6 is 0 Å². The van der Waals surface area contributed by atoms with Gasteiger partial charge in [-0.2, -0.15) is 0 Å². The molecule has 0 radical (unpaired) electrons. The molecule has 0 bridgehead atoms. The first-order valence-electron chi connectivity index (χ1n) is 7.08. The first kappa shape index (κ1) is 11.5. The van der Waals surface area contributed by atoms with Crippen LogP contribution in [0.5, 0.6) is 0 Å². The van der Waals surface area contributed by atoms with Gasteiger partial charge in [-0.15, -0.1) is 0 Å². The Balaban J connectivity index is 2.34. The third kappa shape index (κ3) is 1.50. The average Bonchev–Trinajstić information content (AvgIpc) is 2.85. The molecule has 0 aliphatic carbocycles. The molecule has 1 nitrogen and oxygen atoms in total. The van der Waals surface area contributed by atoms with E-state index < -0.39 is 0 Å². The van der Waals surface area contributed by atoms with Gasteiger partial charge in [-0.1, -0.05) is 56.3 Å². The Morgan fingerprint density at radius 3 is 2.35 bits per heavy atom. The minimum absolute atomic E-state index is 0.447. The van der Waals surface area contributed by atoms with Crippen molar-refractivity contribution >= 4 is 32.7 Å².